The maximum Gasteiger partial charge on any atom is 0.303 e. The Bertz CT molecular complexity index is 445. The zero-order valence-electron chi connectivity index (χ0n) is 11.7. The topological polar surface area (TPSA) is 75.6 Å². The molecule has 0 fully saturated rings. The van der Waals surface area contributed by atoms with Crippen molar-refractivity contribution in [3.05, 3.63) is 29.8 Å². The van der Waals surface area contributed by atoms with Crippen LogP contribution in [0.3, 0.4) is 0 Å². The van der Waals surface area contributed by atoms with Gasteiger partial charge in [-0.25, -0.2) is 0 Å². The van der Waals surface area contributed by atoms with Crippen LogP contribution in [0.2, 0.25) is 0 Å². The number of aryl methyl sites for hydroxylation is 1. The smallest absolute Gasteiger partial charge is 0.303 e. The Hall–Kier alpha value is -2.04. The van der Waals surface area contributed by atoms with E-state index in [1.807, 2.05) is 24.3 Å². The van der Waals surface area contributed by atoms with E-state index in [0.717, 1.165) is 24.2 Å². The SMILES string of the molecule is COc1cccc(CCCC(=O)NCCCC(=O)O)c1. The fraction of sp³-hybridized carbons (Fsp3) is 0.467. The monoisotopic (exact) mass is 279 g/mol. The molecule has 0 heterocycles. The van der Waals surface area contributed by atoms with Crippen molar-refractivity contribution in [1.29, 1.82) is 0 Å². The second-order valence-corrected chi connectivity index (χ2v) is 4.55. The van der Waals surface area contributed by atoms with Gasteiger partial charge in [0, 0.05) is 19.4 Å². The molecule has 5 heteroatoms. The number of amides is 1. The third-order valence-electron chi connectivity index (χ3n) is 2.89. The van der Waals surface area contributed by atoms with E-state index in [1.54, 1.807) is 7.11 Å². The number of carbonyl (C=O) groups excluding carboxylic acids is 1. The molecule has 0 unspecified atom stereocenters. The number of carboxylic acid groups (broad SMARTS) is 1. The maximum atomic E-state index is 11.5. The van der Waals surface area contributed by atoms with Crippen LogP contribution in [0.5, 0.6) is 5.75 Å². The Morgan fingerprint density at radius 3 is 2.75 bits per heavy atom. The van der Waals surface area contributed by atoms with Gasteiger partial charge in [-0.05, 0) is 37.0 Å². The second-order valence-electron chi connectivity index (χ2n) is 4.55. The molecule has 0 aliphatic carbocycles. The van der Waals surface area contributed by atoms with Gasteiger partial charge >= 0.3 is 5.97 Å². The summed E-state index contributed by atoms with van der Waals surface area (Å²) in [4.78, 5) is 21.8. The van der Waals surface area contributed by atoms with Gasteiger partial charge in [-0.1, -0.05) is 12.1 Å². The van der Waals surface area contributed by atoms with E-state index in [9.17, 15) is 9.59 Å². The summed E-state index contributed by atoms with van der Waals surface area (Å²) in [5, 5.41) is 11.2. The van der Waals surface area contributed by atoms with E-state index >= 15 is 0 Å². The molecule has 0 saturated heterocycles. The van der Waals surface area contributed by atoms with Crippen molar-refractivity contribution in [3.63, 3.8) is 0 Å². The molecule has 0 radical (unpaired) electrons. The van der Waals surface area contributed by atoms with Crippen molar-refractivity contribution in [2.45, 2.75) is 32.1 Å². The Balaban J connectivity index is 2.16. The predicted octanol–water partition coefficient (Wildman–Crippen LogP) is 2.00. The number of ether oxygens (including phenoxy) is 1. The van der Waals surface area contributed by atoms with Crippen molar-refractivity contribution in [1.82, 2.24) is 5.32 Å². The first-order chi connectivity index (χ1) is 9.61. The average Bonchev–Trinajstić information content (AvgIpc) is 2.43. The summed E-state index contributed by atoms with van der Waals surface area (Å²) >= 11 is 0. The molecule has 1 aromatic rings. The largest absolute Gasteiger partial charge is 0.497 e. The fourth-order valence-corrected chi connectivity index (χ4v) is 1.84. The van der Waals surface area contributed by atoms with Gasteiger partial charge in [-0.2, -0.15) is 0 Å². The molecule has 0 aromatic heterocycles. The van der Waals surface area contributed by atoms with Crippen molar-refractivity contribution in [2.75, 3.05) is 13.7 Å². The molecule has 0 aliphatic heterocycles. The Labute approximate surface area is 118 Å². The molecule has 0 spiro atoms. The Morgan fingerprint density at radius 1 is 1.25 bits per heavy atom. The number of benzene rings is 1. The number of nitrogens with one attached hydrogen (secondary N) is 1. The lowest BCUT2D eigenvalue weighted by molar-refractivity contribution is -0.137. The van der Waals surface area contributed by atoms with Gasteiger partial charge < -0.3 is 15.2 Å². The van der Waals surface area contributed by atoms with Gasteiger partial charge in [-0.15, -0.1) is 0 Å². The normalized spacial score (nSPS) is 10.1. The van der Waals surface area contributed by atoms with Crippen LogP contribution < -0.4 is 10.1 Å². The molecular weight excluding hydrogens is 258 g/mol. The van der Waals surface area contributed by atoms with Crippen LogP contribution in [-0.4, -0.2) is 30.6 Å². The second kappa shape index (κ2) is 8.96. The maximum absolute atomic E-state index is 11.5. The molecule has 1 rings (SSSR count). The number of hydrogen-bond donors (Lipinski definition) is 2. The number of carboxylic acids is 1. The number of rotatable bonds is 9. The number of hydrogen-bond acceptors (Lipinski definition) is 3. The lowest BCUT2D eigenvalue weighted by Crippen LogP contribution is -2.24. The van der Waals surface area contributed by atoms with Crippen LogP contribution in [0.25, 0.3) is 0 Å². The molecule has 1 amide bonds. The lowest BCUT2D eigenvalue weighted by atomic mass is 10.1. The van der Waals surface area contributed by atoms with Crippen molar-refractivity contribution < 1.29 is 19.4 Å². The number of carbonyl (C=O) groups is 2. The minimum Gasteiger partial charge on any atom is -0.497 e. The van der Waals surface area contributed by atoms with E-state index in [2.05, 4.69) is 5.32 Å². The fourth-order valence-electron chi connectivity index (χ4n) is 1.84. The molecule has 1 aromatic carbocycles. The molecule has 0 aliphatic rings. The van der Waals surface area contributed by atoms with Crippen LogP contribution in [-0.2, 0) is 16.0 Å². The molecule has 0 saturated carbocycles. The van der Waals surface area contributed by atoms with Crippen molar-refractivity contribution >= 4 is 11.9 Å². The first-order valence-electron chi connectivity index (χ1n) is 6.73. The zero-order chi connectivity index (χ0) is 14.8. The summed E-state index contributed by atoms with van der Waals surface area (Å²) in [6, 6.07) is 7.79. The van der Waals surface area contributed by atoms with Crippen LogP contribution in [0.1, 0.15) is 31.2 Å². The summed E-state index contributed by atoms with van der Waals surface area (Å²) in [5.41, 5.74) is 1.14. The van der Waals surface area contributed by atoms with E-state index in [1.165, 1.54) is 0 Å². The van der Waals surface area contributed by atoms with E-state index in [4.69, 9.17) is 9.84 Å². The lowest BCUT2D eigenvalue weighted by Gasteiger charge is -2.05. The van der Waals surface area contributed by atoms with Gasteiger partial charge in [0.15, 0.2) is 0 Å². The van der Waals surface area contributed by atoms with Crippen molar-refractivity contribution in [3.8, 4) is 5.75 Å². The Kier molecular flexibility index (Phi) is 7.17. The minimum atomic E-state index is -0.836. The molecule has 0 atom stereocenters. The van der Waals surface area contributed by atoms with Gasteiger partial charge in [0.2, 0.25) is 5.91 Å². The third-order valence-corrected chi connectivity index (χ3v) is 2.89. The third kappa shape index (κ3) is 6.78. The predicted molar refractivity (Wildman–Crippen MR) is 75.8 cm³/mol. The highest BCUT2D eigenvalue weighted by Crippen LogP contribution is 2.14. The standard InChI is InChI=1S/C15H21NO4/c1-20-13-7-2-5-12(11-13)6-3-8-14(17)16-10-4-9-15(18)19/h2,5,7,11H,3-4,6,8-10H2,1H3,(H,16,17)(H,18,19). The quantitative estimate of drug-likeness (QED) is 0.678. The van der Waals surface area contributed by atoms with E-state index in [0.29, 0.717) is 19.4 Å². The zero-order valence-corrected chi connectivity index (χ0v) is 11.7. The van der Waals surface area contributed by atoms with Gasteiger partial charge in [0.25, 0.3) is 0 Å². The number of aliphatic carboxylic acids is 1. The molecule has 0 bridgehead atoms. The summed E-state index contributed by atoms with van der Waals surface area (Å²) in [7, 11) is 1.63. The highest BCUT2D eigenvalue weighted by Gasteiger charge is 2.03. The highest BCUT2D eigenvalue weighted by atomic mass is 16.5. The summed E-state index contributed by atoms with van der Waals surface area (Å²) in [6.07, 6.45) is 2.59. The Morgan fingerprint density at radius 2 is 2.05 bits per heavy atom. The summed E-state index contributed by atoms with van der Waals surface area (Å²) < 4.78 is 5.14. The number of methoxy groups -OCH3 is 1. The average molecular weight is 279 g/mol. The molecule has 2 N–H and O–H groups in total. The van der Waals surface area contributed by atoms with Crippen molar-refractivity contribution in [2.24, 2.45) is 0 Å². The first-order valence-corrected chi connectivity index (χ1v) is 6.73. The van der Waals surface area contributed by atoms with Crippen LogP contribution >= 0.6 is 0 Å². The van der Waals surface area contributed by atoms with Crippen LogP contribution in [0.4, 0.5) is 0 Å². The van der Waals surface area contributed by atoms with E-state index in [-0.39, 0.29) is 12.3 Å². The minimum absolute atomic E-state index is 0.0294. The highest BCUT2D eigenvalue weighted by molar-refractivity contribution is 5.75. The molecule has 5 nitrogen and oxygen atoms in total. The van der Waals surface area contributed by atoms with Crippen LogP contribution in [0.15, 0.2) is 24.3 Å². The van der Waals surface area contributed by atoms with E-state index < -0.39 is 5.97 Å². The summed E-state index contributed by atoms with van der Waals surface area (Å²) in [5.74, 6) is -0.0452. The van der Waals surface area contributed by atoms with Gasteiger partial charge in [0.05, 0.1) is 7.11 Å². The molecule has 110 valence electrons. The molecule has 20 heavy (non-hydrogen) atoms. The van der Waals surface area contributed by atoms with Gasteiger partial charge in [-0.3, -0.25) is 9.59 Å². The van der Waals surface area contributed by atoms with Gasteiger partial charge in [0.1, 0.15) is 5.75 Å². The van der Waals surface area contributed by atoms with Crippen LogP contribution in [0, 0.1) is 0 Å². The summed E-state index contributed by atoms with van der Waals surface area (Å²) in [6.45, 7) is 0.421. The first kappa shape index (κ1) is 16.0. The molecular formula is C15H21NO4.